The standard InChI is InChI=1S/C13H17BrClN5O2/c14-10-9-16-12(15)17-11(10)18-1-3-19(4-2-18)13(21)20-5-7-22-8-6-20/h9H,1-8H2. The molecule has 0 radical (unpaired) electrons. The van der Waals surface area contributed by atoms with Crippen LogP contribution in [-0.4, -0.2) is 78.3 Å². The van der Waals surface area contributed by atoms with Gasteiger partial charge in [-0.1, -0.05) is 0 Å². The zero-order valence-electron chi connectivity index (χ0n) is 12.0. The van der Waals surface area contributed by atoms with Crippen LogP contribution >= 0.6 is 27.5 Å². The summed E-state index contributed by atoms with van der Waals surface area (Å²) in [6.45, 7) is 5.38. The highest BCUT2D eigenvalue weighted by Gasteiger charge is 2.27. The average Bonchev–Trinajstić information content (AvgIpc) is 2.57. The summed E-state index contributed by atoms with van der Waals surface area (Å²) < 4.78 is 6.09. The minimum absolute atomic E-state index is 0.0998. The Balaban J connectivity index is 1.60. The van der Waals surface area contributed by atoms with Crippen molar-refractivity contribution in [2.75, 3.05) is 57.4 Å². The highest BCUT2D eigenvalue weighted by Crippen LogP contribution is 2.25. The van der Waals surface area contributed by atoms with Gasteiger partial charge in [-0.2, -0.15) is 4.98 Å². The van der Waals surface area contributed by atoms with Crippen molar-refractivity contribution < 1.29 is 9.53 Å². The summed E-state index contributed by atoms with van der Waals surface area (Å²) in [4.78, 5) is 26.5. The maximum Gasteiger partial charge on any atom is 0.320 e. The predicted molar refractivity (Wildman–Crippen MR) is 86.3 cm³/mol. The Bertz CT molecular complexity index is 547. The van der Waals surface area contributed by atoms with Gasteiger partial charge in [0.15, 0.2) is 0 Å². The predicted octanol–water partition coefficient (Wildman–Crippen LogP) is 1.47. The molecule has 2 saturated heterocycles. The Morgan fingerprint density at radius 2 is 1.77 bits per heavy atom. The summed E-state index contributed by atoms with van der Waals surface area (Å²) in [5, 5.41) is 0.227. The average molecular weight is 391 g/mol. The lowest BCUT2D eigenvalue weighted by molar-refractivity contribution is 0.0428. The van der Waals surface area contributed by atoms with Crippen molar-refractivity contribution in [3.63, 3.8) is 0 Å². The van der Waals surface area contributed by atoms with Gasteiger partial charge in [0.05, 0.1) is 17.7 Å². The quantitative estimate of drug-likeness (QED) is 0.680. The van der Waals surface area contributed by atoms with Crippen LogP contribution in [-0.2, 0) is 4.74 Å². The minimum Gasteiger partial charge on any atom is -0.378 e. The van der Waals surface area contributed by atoms with Crippen LogP contribution in [0.15, 0.2) is 10.7 Å². The second-order valence-corrected chi connectivity index (χ2v) is 6.36. The van der Waals surface area contributed by atoms with Gasteiger partial charge in [0.25, 0.3) is 0 Å². The number of halogens is 2. The van der Waals surface area contributed by atoms with E-state index in [4.69, 9.17) is 16.3 Å². The first kappa shape index (κ1) is 15.8. The molecule has 0 N–H and O–H groups in total. The van der Waals surface area contributed by atoms with Crippen molar-refractivity contribution in [2.24, 2.45) is 0 Å². The number of nitrogens with zero attached hydrogens (tertiary/aromatic N) is 5. The zero-order chi connectivity index (χ0) is 15.5. The monoisotopic (exact) mass is 389 g/mol. The van der Waals surface area contributed by atoms with Crippen LogP contribution in [0.5, 0.6) is 0 Å². The molecule has 120 valence electrons. The summed E-state index contributed by atoms with van der Waals surface area (Å²) in [6, 6.07) is 0.0998. The SMILES string of the molecule is O=C(N1CCOCC1)N1CCN(c2nc(Cl)ncc2Br)CC1. The summed E-state index contributed by atoms with van der Waals surface area (Å²) in [7, 11) is 0. The molecule has 7 nitrogen and oxygen atoms in total. The fraction of sp³-hybridized carbons (Fsp3) is 0.615. The smallest absolute Gasteiger partial charge is 0.320 e. The topological polar surface area (TPSA) is 61.8 Å². The molecule has 1 aromatic rings. The van der Waals surface area contributed by atoms with Crippen LogP contribution in [0.3, 0.4) is 0 Å². The number of ether oxygens (including phenoxy) is 1. The molecule has 9 heteroatoms. The van der Waals surface area contributed by atoms with Crippen molar-refractivity contribution in [2.45, 2.75) is 0 Å². The van der Waals surface area contributed by atoms with Crippen LogP contribution in [0.1, 0.15) is 0 Å². The molecule has 3 heterocycles. The van der Waals surface area contributed by atoms with Crippen molar-refractivity contribution >= 4 is 39.4 Å². The molecule has 0 bridgehead atoms. The third-order valence-corrected chi connectivity index (χ3v) is 4.57. The molecule has 0 unspecified atom stereocenters. The van der Waals surface area contributed by atoms with Gasteiger partial charge in [0, 0.05) is 45.5 Å². The Labute approximate surface area is 142 Å². The van der Waals surface area contributed by atoms with E-state index in [0.29, 0.717) is 39.4 Å². The fourth-order valence-corrected chi connectivity index (χ4v) is 3.19. The summed E-state index contributed by atoms with van der Waals surface area (Å²) >= 11 is 9.31. The number of anilines is 1. The number of hydrogen-bond acceptors (Lipinski definition) is 5. The van der Waals surface area contributed by atoms with Gasteiger partial charge in [0.1, 0.15) is 5.82 Å². The van der Waals surface area contributed by atoms with E-state index in [2.05, 4.69) is 30.8 Å². The van der Waals surface area contributed by atoms with Gasteiger partial charge in [0.2, 0.25) is 5.28 Å². The van der Waals surface area contributed by atoms with Crippen LogP contribution in [0.4, 0.5) is 10.6 Å². The molecule has 0 aliphatic carbocycles. The molecule has 0 aromatic carbocycles. The lowest BCUT2D eigenvalue weighted by Crippen LogP contribution is -2.55. The van der Waals surface area contributed by atoms with Gasteiger partial charge >= 0.3 is 6.03 Å². The van der Waals surface area contributed by atoms with Crippen LogP contribution in [0, 0.1) is 0 Å². The molecule has 2 amide bonds. The van der Waals surface area contributed by atoms with E-state index in [-0.39, 0.29) is 11.3 Å². The highest BCUT2D eigenvalue weighted by atomic mass is 79.9. The first-order valence-electron chi connectivity index (χ1n) is 7.20. The Morgan fingerprint density at radius 3 is 2.45 bits per heavy atom. The number of morpholine rings is 1. The molecule has 1 aromatic heterocycles. The molecule has 0 spiro atoms. The number of carbonyl (C=O) groups is 1. The lowest BCUT2D eigenvalue weighted by Gasteiger charge is -2.39. The number of hydrogen-bond donors (Lipinski definition) is 0. The molecule has 0 atom stereocenters. The van der Waals surface area contributed by atoms with E-state index >= 15 is 0 Å². The molecular weight excluding hydrogens is 374 g/mol. The van der Waals surface area contributed by atoms with E-state index in [9.17, 15) is 4.79 Å². The Morgan fingerprint density at radius 1 is 1.14 bits per heavy atom. The number of amides is 2. The lowest BCUT2D eigenvalue weighted by atomic mass is 10.3. The van der Waals surface area contributed by atoms with Crippen molar-refractivity contribution in [3.8, 4) is 0 Å². The third-order valence-electron chi connectivity index (χ3n) is 3.83. The molecular formula is C13H17BrClN5O2. The molecule has 0 saturated carbocycles. The summed E-state index contributed by atoms with van der Waals surface area (Å²) in [5.41, 5.74) is 0. The second kappa shape index (κ2) is 6.97. The zero-order valence-corrected chi connectivity index (χ0v) is 14.4. The maximum absolute atomic E-state index is 12.4. The summed E-state index contributed by atoms with van der Waals surface area (Å²) in [6.07, 6.45) is 1.65. The van der Waals surface area contributed by atoms with Crippen LogP contribution in [0.2, 0.25) is 5.28 Å². The van der Waals surface area contributed by atoms with Gasteiger partial charge in [-0.15, -0.1) is 0 Å². The van der Waals surface area contributed by atoms with E-state index < -0.39 is 0 Å². The second-order valence-electron chi connectivity index (χ2n) is 5.17. The Hall–Kier alpha value is -1.12. The number of urea groups is 1. The molecule has 22 heavy (non-hydrogen) atoms. The van der Waals surface area contributed by atoms with E-state index in [1.807, 2.05) is 9.80 Å². The molecule has 2 fully saturated rings. The maximum atomic E-state index is 12.4. The number of piperazine rings is 1. The van der Waals surface area contributed by atoms with E-state index in [1.165, 1.54) is 0 Å². The number of rotatable bonds is 1. The normalized spacial score (nSPS) is 19.5. The van der Waals surface area contributed by atoms with Gasteiger partial charge < -0.3 is 19.4 Å². The highest BCUT2D eigenvalue weighted by molar-refractivity contribution is 9.10. The molecule has 2 aliphatic rings. The van der Waals surface area contributed by atoms with Gasteiger partial charge in [-0.25, -0.2) is 9.78 Å². The number of aromatic nitrogens is 2. The largest absolute Gasteiger partial charge is 0.378 e. The van der Waals surface area contributed by atoms with Crippen LogP contribution in [0.25, 0.3) is 0 Å². The first-order chi connectivity index (χ1) is 10.6. The van der Waals surface area contributed by atoms with Crippen LogP contribution < -0.4 is 4.90 Å². The van der Waals surface area contributed by atoms with Crippen molar-refractivity contribution in [1.82, 2.24) is 19.8 Å². The van der Waals surface area contributed by atoms with E-state index in [1.54, 1.807) is 6.20 Å². The number of carbonyl (C=O) groups excluding carboxylic acids is 1. The Kier molecular flexibility index (Phi) is 5.00. The molecule has 3 rings (SSSR count). The van der Waals surface area contributed by atoms with Crippen molar-refractivity contribution in [1.29, 1.82) is 0 Å². The fourth-order valence-electron chi connectivity index (χ4n) is 2.62. The minimum atomic E-state index is 0.0998. The van der Waals surface area contributed by atoms with Crippen molar-refractivity contribution in [3.05, 3.63) is 16.0 Å². The van der Waals surface area contributed by atoms with E-state index in [0.717, 1.165) is 23.4 Å². The van der Waals surface area contributed by atoms with Gasteiger partial charge in [-0.05, 0) is 27.5 Å². The summed E-state index contributed by atoms with van der Waals surface area (Å²) in [5.74, 6) is 0.776. The first-order valence-corrected chi connectivity index (χ1v) is 8.37. The van der Waals surface area contributed by atoms with Gasteiger partial charge in [-0.3, -0.25) is 0 Å². The molecule has 2 aliphatic heterocycles. The third kappa shape index (κ3) is 3.44.